The van der Waals surface area contributed by atoms with Crippen molar-refractivity contribution in [2.45, 2.75) is 6.92 Å². The standard InChI is InChI=1S/C12H9ClN4O2/c1-6-9-3-8(5-15-12(9)19-17-6)16-11(18)10-2-7(13)4-14-10/h2-5,14H,1H3,(H,16,18). The summed E-state index contributed by atoms with van der Waals surface area (Å²) in [6.07, 6.45) is 3.05. The third-order valence-corrected chi connectivity index (χ3v) is 2.88. The van der Waals surface area contributed by atoms with Gasteiger partial charge in [-0.15, -0.1) is 0 Å². The molecule has 3 aromatic rings. The van der Waals surface area contributed by atoms with E-state index in [1.165, 1.54) is 6.20 Å². The van der Waals surface area contributed by atoms with Crippen LogP contribution in [0, 0.1) is 6.92 Å². The average Bonchev–Trinajstić information content (AvgIpc) is 2.97. The van der Waals surface area contributed by atoms with E-state index in [2.05, 4.69) is 20.4 Å². The van der Waals surface area contributed by atoms with Crippen molar-refractivity contribution in [3.05, 3.63) is 40.9 Å². The van der Waals surface area contributed by atoms with Gasteiger partial charge in [-0.05, 0) is 19.1 Å². The molecule has 96 valence electrons. The fraction of sp³-hybridized carbons (Fsp3) is 0.0833. The summed E-state index contributed by atoms with van der Waals surface area (Å²) in [7, 11) is 0. The van der Waals surface area contributed by atoms with Crippen LogP contribution in [0.15, 0.2) is 29.0 Å². The number of rotatable bonds is 2. The zero-order valence-electron chi connectivity index (χ0n) is 9.90. The molecule has 3 aromatic heterocycles. The van der Waals surface area contributed by atoms with Crippen LogP contribution in [0.4, 0.5) is 5.69 Å². The molecule has 0 spiro atoms. The Kier molecular flexibility index (Phi) is 2.72. The molecule has 6 nitrogen and oxygen atoms in total. The van der Waals surface area contributed by atoms with E-state index in [-0.39, 0.29) is 5.91 Å². The third-order valence-electron chi connectivity index (χ3n) is 2.66. The highest BCUT2D eigenvalue weighted by atomic mass is 35.5. The lowest BCUT2D eigenvalue weighted by Crippen LogP contribution is -2.12. The van der Waals surface area contributed by atoms with Crippen LogP contribution in [0.2, 0.25) is 5.02 Å². The number of nitrogens with zero attached hydrogens (tertiary/aromatic N) is 2. The Morgan fingerprint density at radius 1 is 1.47 bits per heavy atom. The van der Waals surface area contributed by atoms with Gasteiger partial charge in [-0.2, -0.15) is 0 Å². The van der Waals surface area contributed by atoms with E-state index in [1.807, 2.05) is 6.92 Å². The van der Waals surface area contributed by atoms with Crippen LogP contribution in [0.25, 0.3) is 11.1 Å². The summed E-state index contributed by atoms with van der Waals surface area (Å²) in [5.74, 6) is -0.290. The predicted molar refractivity (Wildman–Crippen MR) is 70.3 cm³/mol. The number of carbonyl (C=O) groups is 1. The molecule has 0 atom stereocenters. The molecule has 0 fully saturated rings. The number of hydrogen-bond donors (Lipinski definition) is 2. The molecule has 0 aromatic carbocycles. The predicted octanol–water partition coefficient (Wildman–Crippen LogP) is 2.77. The Morgan fingerprint density at radius 3 is 3.05 bits per heavy atom. The summed E-state index contributed by atoms with van der Waals surface area (Å²) in [5.41, 5.74) is 2.11. The van der Waals surface area contributed by atoms with Crippen molar-refractivity contribution in [1.82, 2.24) is 15.1 Å². The second-order valence-corrected chi connectivity index (χ2v) is 4.47. The lowest BCUT2D eigenvalue weighted by molar-refractivity contribution is 0.102. The average molecular weight is 277 g/mol. The summed E-state index contributed by atoms with van der Waals surface area (Å²) in [5, 5.41) is 7.77. The van der Waals surface area contributed by atoms with Gasteiger partial charge >= 0.3 is 0 Å². The Hall–Kier alpha value is -2.34. The molecule has 0 bridgehead atoms. The first-order chi connectivity index (χ1) is 9.13. The Balaban J connectivity index is 1.88. The van der Waals surface area contributed by atoms with Gasteiger partial charge in [0, 0.05) is 6.20 Å². The summed E-state index contributed by atoms with van der Waals surface area (Å²) in [4.78, 5) is 18.8. The maximum atomic E-state index is 11.9. The van der Waals surface area contributed by atoms with Gasteiger partial charge in [0.2, 0.25) is 0 Å². The van der Waals surface area contributed by atoms with Crippen LogP contribution < -0.4 is 5.32 Å². The molecule has 0 unspecified atom stereocenters. The summed E-state index contributed by atoms with van der Waals surface area (Å²) in [6, 6.07) is 3.31. The van der Waals surface area contributed by atoms with Crippen LogP contribution in [-0.4, -0.2) is 21.0 Å². The largest absolute Gasteiger partial charge is 0.356 e. The van der Waals surface area contributed by atoms with E-state index in [0.717, 1.165) is 11.1 Å². The minimum atomic E-state index is -0.290. The van der Waals surface area contributed by atoms with Crippen molar-refractivity contribution in [3.8, 4) is 0 Å². The quantitative estimate of drug-likeness (QED) is 0.754. The topological polar surface area (TPSA) is 83.8 Å². The highest BCUT2D eigenvalue weighted by molar-refractivity contribution is 6.31. The highest BCUT2D eigenvalue weighted by Gasteiger charge is 2.11. The summed E-state index contributed by atoms with van der Waals surface area (Å²) in [6.45, 7) is 1.81. The number of pyridine rings is 1. The number of aryl methyl sites for hydroxylation is 1. The van der Waals surface area contributed by atoms with Crippen molar-refractivity contribution in [2.24, 2.45) is 0 Å². The second kappa shape index (κ2) is 4.40. The number of aromatic nitrogens is 3. The van der Waals surface area contributed by atoms with Crippen LogP contribution >= 0.6 is 11.6 Å². The molecule has 1 amide bonds. The van der Waals surface area contributed by atoms with Crippen LogP contribution in [-0.2, 0) is 0 Å². The van der Waals surface area contributed by atoms with Gasteiger partial charge in [-0.3, -0.25) is 4.79 Å². The van der Waals surface area contributed by atoms with Crippen LogP contribution in [0.1, 0.15) is 16.2 Å². The van der Waals surface area contributed by atoms with Gasteiger partial charge < -0.3 is 14.8 Å². The first-order valence-electron chi connectivity index (χ1n) is 5.51. The zero-order chi connectivity index (χ0) is 13.4. The van der Waals surface area contributed by atoms with E-state index in [9.17, 15) is 4.79 Å². The van der Waals surface area contributed by atoms with Gasteiger partial charge in [0.15, 0.2) is 0 Å². The van der Waals surface area contributed by atoms with Crippen molar-refractivity contribution in [3.63, 3.8) is 0 Å². The molecule has 0 aliphatic rings. The number of nitrogens with one attached hydrogen (secondary N) is 2. The maximum absolute atomic E-state index is 11.9. The molecule has 0 saturated carbocycles. The molecule has 2 N–H and O–H groups in total. The van der Waals surface area contributed by atoms with Gasteiger partial charge in [-0.25, -0.2) is 4.98 Å². The molecule has 7 heteroatoms. The van der Waals surface area contributed by atoms with Crippen LogP contribution in [0.3, 0.4) is 0 Å². The minimum absolute atomic E-state index is 0.290. The molecule has 3 heterocycles. The Bertz CT molecular complexity index is 762. The number of carbonyl (C=O) groups excluding carboxylic acids is 1. The zero-order valence-corrected chi connectivity index (χ0v) is 10.7. The number of fused-ring (bicyclic) bond motifs is 1. The normalized spacial score (nSPS) is 10.8. The Labute approximate surface area is 112 Å². The van der Waals surface area contributed by atoms with E-state index in [1.54, 1.807) is 18.3 Å². The highest BCUT2D eigenvalue weighted by Crippen LogP contribution is 2.20. The first kappa shape index (κ1) is 11.7. The maximum Gasteiger partial charge on any atom is 0.272 e. The van der Waals surface area contributed by atoms with E-state index >= 15 is 0 Å². The van der Waals surface area contributed by atoms with Crippen molar-refractivity contribution in [1.29, 1.82) is 0 Å². The summed E-state index contributed by atoms with van der Waals surface area (Å²) < 4.78 is 5.00. The summed E-state index contributed by atoms with van der Waals surface area (Å²) >= 11 is 5.75. The monoisotopic (exact) mass is 276 g/mol. The fourth-order valence-corrected chi connectivity index (χ4v) is 1.87. The number of H-pyrrole nitrogens is 1. The number of halogens is 1. The molecular weight excluding hydrogens is 268 g/mol. The molecule has 0 aliphatic heterocycles. The van der Waals surface area contributed by atoms with Gasteiger partial charge in [0.1, 0.15) is 5.69 Å². The first-order valence-corrected chi connectivity index (χ1v) is 5.88. The third kappa shape index (κ3) is 2.17. The van der Waals surface area contributed by atoms with Crippen molar-refractivity contribution < 1.29 is 9.32 Å². The van der Waals surface area contributed by atoms with Crippen molar-refractivity contribution >= 4 is 34.3 Å². The van der Waals surface area contributed by atoms with Gasteiger partial charge in [0.05, 0.1) is 28.0 Å². The number of aromatic amines is 1. The molecule has 0 saturated heterocycles. The van der Waals surface area contributed by atoms with Crippen LogP contribution in [0.5, 0.6) is 0 Å². The molecule has 0 radical (unpaired) electrons. The van der Waals surface area contributed by atoms with E-state index < -0.39 is 0 Å². The van der Waals surface area contributed by atoms with Gasteiger partial charge in [-0.1, -0.05) is 16.8 Å². The number of hydrogen-bond acceptors (Lipinski definition) is 4. The smallest absolute Gasteiger partial charge is 0.272 e. The fourth-order valence-electron chi connectivity index (χ4n) is 1.71. The van der Waals surface area contributed by atoms with E-state index in [0.29, 0.717) is 22.1 Å². The van der Waals surface area contributed by atoms with Gasteiger partial charge in [0.25, 0.3) is 11.6 Å². The lowest BCUT2D eigenvalue weighted by Gasteiger charge is -2.02. The lowest BCUT2D eigenvalue weighted by atomic mass is 10.2. The van der Waals surface area contributed by atoms with Crippen molar-refractivity contribution in [2.75, 3.05) is 5.32 Å². The molecule has 3 rings (SSSR count). The minimum Gasteiger partial charge on any atom is -0.356 e. The second-order valence-electron chi connectivity index (χ2n) is 4.03. The SMILES string of the molecule is Cc1noc2ncc(NC(=O)c3cc(Cl)c[nH]3)cc12. The molecule has 0 aliphatic carbocycles. The molecular formula is C12H9ClN4O2. The number of anilines is 1. The van der Waals surface area contributed by atoms with E-state index in [4.69, 9.17) is 16.1 Å². The number of amides is 1. The Morgan fingerprint density at radius 2 is 2.32 bits per heavy atom. The molecule has 19 heavy (non-hydrogen) atoms.